The van der Waals surface area contributed by atoms with Crippen LogP contribution in [-0.2, 0) is 24.0 Å². The Bertz CT molecular complexity index is 1170. The Morgan fingerprint density at radius 1 is 1.28 bits per heavy atom. The molecule has 0 saturated heterocycles. The topological polar surface area (TPSA) is 94.3 Å². The lowest BCUT2D eigenvalue weighted by Gasteiger charge is -2.18. The van der Waals surface area contributed by atoms with Gasteiger partial charge in [-0.2, -0.15) is 0 Å². The number of anilines is 2. The molecule has 1 atom stereocenters. The fraction of sp³-hybridized carbons (Fsp3) is 0.458. The molecule has 32 heavy (non-hydrogen) atoms. The summed E-state index contributed by atoms with van der Waals surface area (Å²) in [6, 6.07) is 3.93. The van der Waals surface area contributed by atoms with Crippen LogP contribution in [0.15, 0.2) is 12.1 Å². The molecular formula is C24H29N3O3S2. The van der Waals surface area contributed by atoms with Crippen LogP contribution >= 0.6 is 22.7 Å². The van der Waals surface area contributed by atoms with Gasteiger partial charge in [-0.05, 0) is 62.6 Å². The van der Waals surface area contributed by atoms with Crippen molar-refractivity contribution >= 4 is 55.5 Å². The molecule has 8 heteroatoms. The Hall–Kier alpha value is -2.45. The maximum absolute atomic E-state index is 13.2. The van der Waals surface area contributed by atoms with Gasteiger partial charge in [0.2, 0.25) is 0 Å². The Morgan fingerprint density at radius 3 is 2.84 bits per heavy atom. The number of aromatic nitrogens is 1. The predicted molar refractivity (Wildman–Crippen MR) is 132 cm³/mol. The molecule has 0 aromatic carbocycles. The van der Waals surface area contributed by atoms with Gasteiger partial charge in [0.1, 0.15) is 14.7 Å². The highest BCUT2D eigenvalue weighted by Crippen LogP contribution is 2.41. The molecule has 3 heterocycles. The molecule has 3 aromatic heterocycles. The molecule has 1 aliphatic carbocycles. The first-order chi connectivity index (χ1) is 15.4. The second kappa shape index (κ2) is 9.58. The monoisotopic (exact) mass is 471 g/mol. The van der Waals surface area contributed by atoms with Crippen LogP contribution < -0.4 is 11.1 Å². The summed E-state index contributed by atoms with van der Waals surface area (Å²) in [5.74, 6) is -0.120. The predicted octanol–water partition coefficient (Wildman–Crippen LogP) is 5.84. The van der Waals surface area contributed by atoms with E-state index in [-0.39, 0.29) is 11.9 Å². The smallest absolute Gasteiger partial charge is 0.341 e. The first-order valence-electron chi connectivity index (χ1n) is 11.2. The maximum Gasteiger partial charge on any atom is 0.341 e. The van der Waals surface area contributed by atoms with Gasteiger partial charge in [0.15, 0.2) is 0 Å². The number of hydrogen-bond acceptors (Lipinski definition) is 7. The molecule has 0 aliphatic heterocycles. The lowest BCUT2D eigenvalue weighted by molar-refractivity contribution is 0.0526. The molecule has 0 radical (unpaired) electrons. The molecule has 1 amide bonds. The van der Waals surface area contributed by atoms with Crippen LogP contribution in [0.1, 0.15) is 76.2 Å². The number of thiophene rings is 2. The number of carbonyl (C=O) groups is 2. The molecule has 6 nitrogen and oxygen atoms in total. The zero-order valence-corrected chi connectivity index (χ0v) is 20.4. The fourth-order valence-electron chi connectivity index (χ4n) is 4.12. The van der Waals surface area contributed by atoms with Crippen LogP contribution in [0.2, 0.25) is 0 Å². The number of esters is 1. The molecule has 0 fully saturated rings. The van der Waals surface area contributed by atoms with Crippen LogP contribution in [0, 0.1) is 5.92 Å². The van der Waals surface area contributed by atoms with Crippen molar-refractivity contribution in [3.8, 4) is 0 Å². The first-order valence-corrected chi connectivity index (χ1v) is 12.9. The number of aryl methyl sites for hydroxylation is 1. The molecule has 1 unspecified atom stereocenters. The summed E-state index contributed by atoms with van der Waals surface area (Å²) in [6.07, 6.45) is 5.86. The average molecular weight is 472 g/mol. The van der Waals surface area contributed by atoms with Gasteiger partial charge in [-0.1, -0.05) is 20.3 Å². The average Bonchev–Trinajstić information content (AvgIpc) is 3.28. The zero-order chi connectivity index (χ0) is 22.8. The summed E-state index contributed by atoms with van der Waals surface area (Å²) in [5, 5.41) is 4.32. The van der Waals surface area contributed by atoms with E-state index in [1.807, 2.05) is 12.1 Å². The SMILES string of the molecule is CCCCc1ccc2c(N)c(C(=O)Nc3sc4c(c3C(=O)OCC)CCC(C)C4)sc2n1. The van der Waals surface area contributed by atoms with Gasteiger partial charge in [-0.25, -0.2) is 9.78 Å². The standard InChI is InChI=1S/C24H29N3O3S2/c1-4-6-7-14-9-11-16-19(25)20(32-22(16)26-14)21(28)27-23-18(24(29)30-5-2)15-10-8-13(3)12-17(15)31-23/h9,11,13H,4-8,10,12,25H2,1-3H3,(H,27,28). The van der Waals surface area contributed by atoms with E-state index in [2.05, 4.69) is 19.2 Å². The number of ether oxygens (including phenoxy) is 1. The van der Waals surface area contributed by atoms with E-state index in [9.17, 15) is 9.59 Å². The van der Waals surface area contributed by atoms with Crippen molar-refractivity contribution in [1.82, 2.24) is 4.98 Å². The quantitative estimate of drug-likeness (QED) is 0.422. The van der Waals surface area contributed by atoms with Crippen LogP contribution in [0.3, 0.4) is 0 Å². The second-order valence-corrected chi connectivity index (χ2v) is 10.4. The highest BCUT2D eigenvalue weighted by atomic mass is 32.1. The summed E-state index contributed by atoms with van der Waals surface area (Å²) < 4.78 is 5.31. The number of rotatable bonds is 7. The van der Waals surface area contributed by atoms with Crippen molar-refractivity contribution in [1.29, 1.82) is 0 Å². The summed E-state index contributed by atoms with van der Waals surface area (Å²) in [5.41, 5.74) is 9.30. The van der Waals surface area contributed by atoms with Crippen LogP contribution in [0.5, 0.6) is 0 Å². The van der Waals surface area contributed by atoms with Crippen molar-refractivity contribution in [3.05, 3.63) is 38.7 Å². The van der Waals surface area contributed by atoms with E-state index < -0.39 is 0 Å². The van der Waals surface area contributed by atoms with Gasteiger partial charge in [0.05, 0.1) is 17.9 Å². The zero-order valence-electron chi connectivity index (χ0n) is 18.7. The minimum atomic E-state index is -0.374. The molecule has 0 spiro atoms. The van der Waals surface area contributed by atoms with Gasteiger partial charge in [-0.3, -0.25) is 4.79 Å². The van der Waals surface area contributed by atoms with Crippen molar-refractivity contribution < 1.29 is 14.3 Å². The molecular weight excluding hydrogens is 442 g/mol. The van der Waals surface area contributed by atoms with Crippen LogP contribution in [0.4, 0.5) is 10.7 Å². The van der Waals surface area contributed by atoms with Crippen molar-refractivity contribution in [3.63, 3.8) is 0 Å². The molecule has 170 valence electrons. The Balaban J connectivity index is 1.66. The van der Waals surface area contributed by atoms with Gasteiger partial charge < -0.3 is 15.8 Å². The van der Waals surface area contributed by atoms with Crippen molar-refractivity contribution in [2.24, 2.45) is 5.92 Å². The largest absolute Gasteiger partial charge is 0.462 e. The van der Waals surface area contributed by atoms with E-state index in [1.165, 1.54) is 22.7 Å². The minimum Gasteiger partial charge on any atom is -0.462 e. The summed E-state index contributed by atoms with van der Waals surface area (Å²) in [6.45, 7) is 6.45. The third kappa shape index (κ3) is 4.38. The lowest BCUT2D eigenvalue weighted by atomic mass is 9.88. The van der Waals surface area contributed by atoms with Crippen molar-refractivity contribution in [2.45, 2.75) is 59.3 Å². The second-order valence-electron chi connectivity index (χ2n) is 8.33. The molecule has 0 bridgehead atoms. The molecule has 3 aromatic rings. The third-order valence-corrected chi connectivity index (χ3v) is 8.15. The molecule has 1 aliphatic rings. The number of fused-ring (bicyclic) bond motifs is 2. The van der Waals surface area contributed by atoms with Gasteiger partial charge >= 0.3 is 5.97 Å². The summed E-state index contributed by atoms with van der Waals surface area (Å²) in [4.78, 5) is 33.0. The van der Waals surface area contributed by atoms with Crippen LogP contribution in [-0.4, -0.2) is 23.5 Å². The van der Waals surface area contributed by atoms with E-state index in [0.717, 1.165) is 64.9 Å². The highest BCUT2D eigenvalue weighted by Gasteiger charge is 2.30. The van der Waals surface area contributed by atoms with E-state index in [0.29, 0.717) is 33.7 Å². The number of pyridine rings is 1. The number of nitrogen functional groups attached to an aromatic ring is 1. The highest BCUT2D eigenvalue weighted by molar-refractivity contribution is 7.21. The van der Waals surface area contributed by atoms with E-state index >= 15 is 0 Å². The van der Waals surface area contributed by atoms with Gasteiger partial charge in [-0.15, -0.1) is 22.7 Å². The van der Waals surface area contributed by atoms with Gasteiger partial charge in [0.25, 0.3) is 5.91 Å². The first kappa shape index (κ1) is 22.7. The molecule has 0 saturated carbocycles. The number of nitrogens with one attached hydrogen (secondary N) is 1. The summed E-state index contributed by atoms with van der Waals surface area (Å²) >= 11 is 2.78. The maximum atomic E-state index is 13.2. The summed E-state index contributed by atoms with van der Waals surface area (Å²) in [7, 11) is 0. The third-order valence-electron chi connectivity index (χ3n) is 5.86. The van der Waals surface area contributed by atoms with E-state index in [1.54, 1.807) is 6.92 Å². The molecule has 3 N–H and O–H groups in total. The van der Waals surface area contributed by atoms with Crippen molar-refractivity contribution in [2.75, 3.05) is 17.7 Å². The normalized spacial score (nSPS) is 15.5. The Kier molecular flexibility index (Phi) is 6.81. The van der Waals surface area contributed by atoms with Crippen LogP contribution in [0.25, 0.3) is 10.2 Å². The number of unbranched alkanes of at least 4 members (excludes halogenated alkanes) is 1. The van der Waals surface area contributed by atoms with E-state index in [4.69, 9.17) is 15.5 Å². The number of nitrogens with two attached hydrogens (primary N) is 1. The Morgan fingerprint density at radius 2 is 2.09 bits per heavy atom. The Labute approximate surface area is 196 Å². The number of nitrogens with zero attached hydrogens (tertiary/aromatic N) is 1. The minimum absolute atomic E-state index is 0.294. The molecule has 4 rings (SSSR count). The number of hydrogen-bond donors (Lipinski definition) is 2. The number of carbonyl (C=O) groups excluding carboxylic acids is 2. The van der Waals surface area contributed by atoms with Gasteiger partial charge in [0, 0.05) is 16.0 Å². The lowest BCUT2D eigenvalue weighted by Crippen LogP contribution is -2.16. The number of amides is 1. The fourth-order valence-corrected chi connectivity index (χ4v) is 6.52.